The molecular formula is C15H26N4OS. The molecule has 2 heterocycles. The molecule has 2 atom stereocenters. The number of hydrogen-bond acceptors (Lipinski definition) is 4. The average Bonchev–Trinajstić information content (AvgIpc) is 3.02. The first kappa shape index (κ1) is 16.4. The van der Waals surface area contributed by atoms with Crippen LogP contribution in [0.2, 0.25) is 0 Å². The first-order valence-electron chi connectivity index (χ1n) is 7.65. The van der Waals surface area contributed by atoms with Gasteiger partial charge in [-0.1, -0.05) is 0 Å². The summed E-state index contributed by atoms with van der Waals surface area (Å²) in [5.74, 6) is 1.09. The van der Waals surface area contributed by atoms with Crippen molar-refractivity contribution >= 4 is 17.7 Å². The number of thioether (sulfide) groups is 1. The second-order valence-electron chi connectivity index (χ2n) is 5.73. The molecule has 1 saturated heterocycles. The van der Waals surface area contributed by atoms with Crippen molar-refractivity contribution in [3.8, 4) is 0 Å². The van der Waals surface area contributed by atoms with Crippen LogP contribution in [0, 0.1) is 0 Å². The Morgan fingerprint density at radius 1 is 1.67 bits per heavy atom. The molecule has 5 nitrogen and oxygen atoms in total. The van der Waals surface area contributed by atoms with Crippen LogP contribution in [0.1, 0.15) is 42.7 Å². The van der Waals surface area contributed by atoms with Gasteiger partial charge >= 0.3 is 0 Å². The number of rotatable bonds is 6. The highest BCUT2D eigenvalue weighted by atomic mass is 32.2. The van der Waals surface area contributed by atoms with Crippen molar-refractivity contribution in [3.05, 3.63) is 18.0 Å². The fourth-order valence-electron chi connectivity index (χ4n) is 2.58. The standard InChI is InChI=1S/C15H26N4OS/c1-12(7-10-21-3)18(2)15(20)14-6-9-19(17-14)13-5-4-8-16-11-13/h6,9,12-13,16H,4-5,7-8,10-11H2,1-3H3. The summed E-state index contributed by atoms with van der Waals surface area (Å²) in [6, 6.07) is 2.46. The predicted molar refractivity (Wildman–Crippen MR) is 87.9 cm³/mol. The van der Waals surface area contributed by atoms with E-state index in [1.807, 2.05) is 40.7 Å². The van der Waals surface area contributed by atoms with Gasteiger partial charge < -0.3 is 10.2 Å². The van der Waals surface area contributed by atoms with Gasteiger partial charge in [0, 0.05) is 25.8 Å². The Morgan fingerprint density at radius 2 is 2.48 bits per heavy atom. The molecular weight excluding hydrogens is 284 g/mol. The lowest BCUT2D eigenvalue weighted by Gasteiger charge is -2.24. The second-order valence-corrected chi connectivity index (χ2v) is 6.71. The normalized spacial score (nSPS) is 20.2. The highest BCUT2D eigenvalue weighted by Crippen LogP contribution is 2.17. The summed E-state index contributed by atoms with van der Waals surface area (Å²) in [4.78, 5) is 14.3. The Labute approximate surface area is 131 Å². The Balaban J connectivity index is 1.97. The molecule has 118 valence electrons. The Kier molecular flexibility index (Phi) is 6.11. The number of carbonyl (C=O) groups excluding carboxylic acids is 1. The van der Waals surface area contributed by atoms with Gasteiger partial charge in [0.2, 0.25) is 0 Å². The summed E-state index contributed by atoms with van der Waals surface area (Å²) >= 11 is 1.81. The number of nitrogens with zero attached hydrogens (tertiary/aromatic N) is 3. The SMILES string of the molecule is CSCCC(C)N(C)C(=O)c1ccn(C2CCCNC2)n1. The van der Waals surface area contributed by atoms with Crippen LogP contribution in [0.15, 0.2) is 12.3 Å². The third kappa shape index (κ3) is 4.23. The third-order valence-corrected chi connectivity index (χ3v) is 4.84. The number of carbonyl (C=O) groups is 1. The van der Waals surface area contributed by atoms with E-state index in [9.17, 15) is 4.79 Å². The zero-order valence-corrected chi connectivity index (χ0v) is 14.0. The van der Waals surface area contributed by atoms with E-state index in [-0.39, 0.29) is 11.9 Å². The molecule has 1 aromatic heterocycles. The van der Waals surface area contributed by atoms with Gasteiger partial charge in [0.05, 0.1) is 6.04 Å². The average molecular weight is 310 g/mol. The van der Waals surface area contributed by atoms with Gasteiger partial charge in [0.25, 0.3) is 5.91 Å². The molecule has 2 unspecified atom stereocenters. The molecule has 1 aliphatic rings. The first-order chi connectivity index (χ1) is 10.1. The molecule has 0 aromatic carbocycles. The van der Waals surface area contributed by atoms with Crippen LogP contribution in [-0.2, 0) is 0 Å². The first-order valence-corrected chi connectivity index (χ1v) is 9.05. The molecule has 1 aromatic rings. The van der Waals surface area contributed by atoms with Crippen LogP contribution in [0.5, 0.6) is 0 Å². The van der Waals surface area contributed by atoms with E-state index in [0.29, 0.717) is 11.7 Å². The number of aromatic nitrogens is 2. The van der Waals surface area contributed by atoms with Crippen LogP contribution < -0.4 is 5.32 Å². The van der Waals surface area contributed by atoms with Crippen molar-refractivity contribution < 1.29 is 4.79 Å². The quantitative estimate of drug-likeness (QED) is 0.873. The van der Waals surface area contributed by atoms with Crippen LogP contribution in [0.25, 0.3) is 0 Å². The Hall–Kier alpha value is -1.01. The maximum atomic E-state index is 12.5. The molecule has 1 fully saturated rings. The minimum atomic E-state index is 0.0196. The van der Waals surface area contributed by atoms with E-state index in [1.165, 1.54) is 6.42 Å². The van der Waals surface area contributed by atoms with E-state index < -0.39 is 0 Å². The number of nitrogens with one attached hydrogen (secondary N) is 1. The van der Waals surface area contributed by atoms with E-state index in [1.54, 1.807) is 0 Å². The molecule has 0 radical (unpaired) electrons. The van der Waals surface area contributed by atoms with Crippen LogP contribution >= 0.6 is 11.8 Å². The predicted octanol–water partition coefficient (Wildman–Crippen LogP) is 2.02. The third-order valence-electron chi connectivity index (χ3n) is 4.19. The number of hydrogen-bond donors (Lipinski definition) is 1. The topological polar surface area (TPSA) is 50.2 Å². The van der Waals surface area contributed by atoms with Crippen molar-refractivity contribution in [1.82, 2.24) is 20.0 Å². The van der Waals surface area contributed by atoms with Crippen molar-refractivity contribution in [2.24, 2.45) is 0 Å². The van der Waals surface area contributed by atoms with E-state index in [4.69, 9.17) is 0 Å². The summed E-state index contributed by atoms with van der Waals surface area (Å²) in [5, 5.41) is 7.88. The fourth-order valence-corrected chi connectivity index (χ4v) is 3.15. The van der Waals surface area contributed by atoms with Gasteiger partial charge in [-0.15, -0.1) is 0 Å². The fraction of sp³-hybridized carbons (Fsp3) is 0.733. The molecule has 1 amide bonds. The van der Waals surface area contributed by atoms with Gasteiger partial charge in [-0.25, -0.2) is 0 Å². The summed E-state index contributed by atoms with van der Waals surface area (Å²) in [6.07, 6.45) is 7.33. The number of amides is 1. The summed E-state index contributed by atoms with van der Waals surface area (Å²) in [6.45, 7) is 4.12. The molecule has 1 N–H and O–H groups in total. The molecule has 6 heteroatoms. The van der Waals surface area contributed by atoms with Gasteiger partial charge in [0.15, 0.2) is 0 Å². The maximum absolute atomic E-state index is 12.5. The molecule has 0 spiro atoms. The highest BCUT2D eigenvalue weighted by molar-refractivity contribution is 7.98. The lowest BCUT2D eigenvalue weighted by Crippen LogP contribution is -2.36. The Morgan fingerprint density at radius 3 is 3.14 bits per heavy atom. The monoisotopic (exact) mass is 310 g/mol. The van der Waals surface area contributed by atoms with Gasteiger partial charge in [0.1, 0.15) is 5.69 Å². The summed E-state index contributed by atoms with van der Waals surface area (Å²) in [7, 11) is 1.87. The zero-order chi connectivity index (χ0) is 15.2. The molecule has 0 saturated carbocycles. The van der Waals surface area contributed by atoms with Crippen LogP contribution in [-0.4, -0.2) is 58.8 Å². The Bertz CT molecular complexity index is 456. The van der Waals surface area contributed by atoms with Crippen molar-refractivity contribution in [1.29, 1.82) is 0 Å². The lowest BCUT2D eigenvalue weighted by atomic mass is 10.1. The van der Waals surface area contributed by atoms with Crippen LogP contribution in [0.4, 0.5) is 0 Å². The highest BCUT2D eigenvalue weighted by Gasteiger charge is 2.21. The van der Waals surface area contributed by atoms with E-state index >= 15 is 0 Å². The van der Waals surface area contributed by atoms with Gasteiger partial charge in [-0.3, -0.25) is 9.48 Å². The van der Waals surface area contributed by atoms with Crippen LogP contribution in [0.3, 0.4) is 0 Å². The summed E-state index contributed by atoms with van der Waals surface area (Å²) in [5.41, 5.74) is 0.555. The maximum Gasteiger partial charge on any atom is 0.274 e. The van der Waals surface area contributed by atoms with E-state index in [2.05, 4.69) is 23.6 Å². The smallest absolute Gasteiger partial charge is 0.274 e. The van der Waals surface area contributed by atoms with Gasteiger partial charge in [-0.2, -0.15) is 16.9 Å². The molecule has 21 heavy (non-hydrogen) atoms. The molecule has 0 bridgehead atoms. The van der Waals surface area contributed by atoms with Crippen molar-refractivity contribution in [3.63, 3.8) is 0 Å². The largest absolute Gasteiger partial charge is 0.338 e. The lowest BCUT2D eigenvalue weighted by molar-refractivity contribution is 0.0734. The molecule has 0 aliphatic carbocycles. The number of piperidine rings is 1. The minimum Gasteiger partial charge on any atom is -0.338 e. The second kappa shape index (κ2) is 7.84. The summed E-state index contributed by atoms with van der Waals surface area (Å²) < 4.78 is 1.94. The molecule has 1 aliphatic heterocycles. The zero-order valence-electron chi connectivity index (χ0n) is 13.2. The van der Waals surface area contributed by atoms with E-state index in [0.717, 1.165) is 31.7 Å². The van der Waals surface area contributed by atoms with Crippen molar-refractivity contribution in [2.45, 2.75) is 38.3 Å². The molecule has 2 rings (SSSR count). The van der Waals surface area contributed by atoms with Crippen molar-refractivity contribution in [2.75, 3.05) is 32.1 Å². The minimum absolute atomic E-state index is 0.0196. The van der Waals surface area contributed by atoms with Gasteiger partial charge in [-0.05, 0) is 50.8 Å².